The number of carboxylic acid groups (broad SMARTS) is 1. The number of hydrogen-bond donors (Lipinski definition) is 7. The van der Waals surface area contributed by atoms with Crippen LogP contribution >= 0.6 is 0 Å². The number of aliphatic hydroxyl groups excluding tert-OH is 6. The van der Waals surface area contributed by atoms with Crippen LogP contribution in [0.3, 0.4) is 0 Å². The van der Waals surface area contributed by atoms with Gasteiger partial charge in [-0.05, 0) is 109 Å². The summed E-state index contributed by atoms with van der Waals surface area (Å²) in [5, 5.41) is 73.2. The zero-order valence-electron chi connectivity index (χ0n) is 32.7. The van der Waals surface area contributed by atoms with Crippen LogP contribution in [-0.4, -0.2) is 116 Å². The highest BCUT2D eigenvalue weighted by molar-refractivity contribution is 5.76. The van der Waals surface area contributed by atoms with Crippen molar-refractivity contribution in [1.29, 1.82) is 0 Å². The van der Waals surface area contributed by atoms with E-state index >= 15 is 0 Å². The molecule has 0 unspecified atom stereocenters. The van der Waals surface area contributed by atoms with Gasteiger partial charge < -0.3 is 54.7 Å². The Hall–Kier alpha value is -1.19. The molecular formula is C41H66O12. The first-order valence-electron chi connectivity index (χ1n) is 20.2. The van der Waals surface area contributed by atoms with Gasteiger partial charge in [-0.25, -0.2) is 0 Å². The Balaban J connectivity index is 1.06. The number of carboxylic acids is 1. The molecule has 17 atom stereocenters. The Labute approximate surface area is 314 Å². The molecule has 302 valence electrons. The van der Waals surface area contributed by atoms with E-state index in [-0.39, 0.29) is 45.7 Å². The molecule has 0 aromatic carbocycles. The molecule has 12 nitrogen and oxygen atoms in total. The highest BCUT2D eigenvalue weighted by Crippen LogP contribution is 2.76. The van der Waals surface area contributed by atoms with Crippen molar-refractivity contribution in [3.63, 3.8) is 0 Å². The van der Waals surface area contributed by atoms with E-state index in [1.165, 1.54) is 5.57 Å². The van der Waals surface area contributed by atoms with Crippen molar-refractivity contribution in [3.8, 4) is 0 Å². The fourth-order valence-corrected chi connectivity index (χ4v) is 13.4. The second-order valence-corrected chi connectivity index (χ2v) is 20.2. The first-order valence-corrected chi connectivity index (χ1v) is 20.2. The van der Waals surface area contributed by atoms with Crippen molar-refractivity contribution in [2.75, 3.05) is 13.2 Å². The predicted molar refractivity (Wildman–Crippen MR) is 192 cm³/mol. The summed E-state index contributed by atoms with van der Waals surface area (Å²) in [4.78, 5) is 13.0. The topological polar surface area (TPSA) is 196 Å². The van der Waals surface area contributed by atoms with Crippen molar-refractivity contribution in [2.45, 2.75) is 174 Å². The van der Waals surface area contributed by atoms with Crippen molar-refractivity contribution in [3.05, 3.63) is 11.6 Å². The minimum absolute atomic E-state index is 0.0183. The first kappa shape index (κ1) is 40.0. The summed E-state index contributed by atoms with van der Waals surface area (Å²) < 4.78 is 23.7. The van der Waals surface area contributed by atoms with Gasteiger partial charge in [0.05, 0.1) is 24.7 Å². The highest BCUT2D eigenvalue weighted by atomic mass is 16.7. The SMILES string of the molecule is CC1(C)CC[C@]2(C(=O)O)CC[C@]3(C)C(=CC[C@@H]4[C@@]5(C)CC[C@H](O[C@H]6OC[C@H](O[C@@H]7O[C@H](CO)[C@H](O)[C@H](O)[C@H]7O)[C@H](O)[C@H]6O)C(C)(C)[C@@H]5CC[C@]43C)[C@@H]2C1. The molecule has 4 saturated carbocycles. The largest absolute Gasteiger partial charge is 0.481 e. The van der Waals surface area contributed by atoms with E-state index in [0.717, 1.165) is 64.2 Å². The minimum Gasteiger partial charge on any atom is -0.481 e. The van der Waals surface area contributed by atoms with Crippen LogP contribution in [0.2, 0.25) is 0 Å². The van der Waals surface area contributed by atoms with Crippen LogP contribution in [0.4, 0.5) is 0 Å². The van der Waals surface area contributed by atoms with Crippen molar-refractivity contribution in [2.24, 2.45) is 50.2 Å². The zero-order valence-corrected chi connectivity index (χ0v) is 32.7. The lowest BCUT2D eigenvalue weighted by molar-refractivity contribution is -0.351. The Bertz CT molecular complexity index is 1430. The third-order valence-corrected chi connectivity index (χ3v) is 16.9. The summed E-state index contributed by atoms with van der Waals surface area (Å²) in [5.74, 6) is 0.218. The van der Waals surface area contributed by atoms with Crippen LogP contribution in [0.25, 0.3) is 0 Å². The normalized spacial score (nSPS) is 53.3. The molecule has 7 N–H and O–H groups in total. The molecule has 53 heavy (non-hydrogen) atoms. The smallest absolute Gasteiger partial charge is 0.310 e. The highest BCUT2D eigenvalue weighted by Gasteiger charge is 2.69. The summed E-state index contributed by atoms with van der Waals surface area (Å²) in [5.41, 5.74) is 0.584. The van der Waals surface area contributed by atoms with Gasteiger partial charge in [-0.15, -0.1) is 0 Å². The Kier molecular flexibility index (Phi) is 10.2. The van der Waals surface area contributed by atoms with E-state index in [4.69, 9.17) is 18.9 Å². The molecule has 2 saturated heterocycles. The van der Waals surface area contributed by atoms with Crippen molar-refractivity contribution < 1.29 is 59.5 Å². The summed E-state index contributed by atoms with van der Waals surface area (Å²) in [6.45, 7) is 15.8. The van der Waals surface area contributed by atoms with Gasteiger partial charge in [0.15, 0.2) is 12.6 Å². The van der Waals surface area contributed by atoms with E-state index in [0.29, 0.717) is 11.8 Å². The molecule has 0 aromatic heterocycles. The lowest BCUT2D eigenvalue weighted by atomic mass is 9.33. The summed E-state index contributed by atoms with van der Waals surface area (Å²) >= 11 is 0. The zero-order chi connectivity index (χ0) is 38.7. The number of aliphatic carboxylic acids is 1. The molecule has 5 aliphatic carbocycles. The fraction of sp³-hybridized carbons (Fsp3) is 0.927. The van der Waals surface area contributed by atoms with Crippen LogP contribution in [0.15, 0.2) is 11.6 Å². The lowest BCUT2D eigenvalue weighted by Gasteiger charge is -2.71. The van der Waals surface area contributed by atoms with Crippen LogP contribution in [-0.2, 0) is 23.7 Å². The number of rotatable bonds is 6. The van der Waals surface area contributed by atoms with Gasteiger partial charge in [0.25, 0.3) is 0 Å². The fourth-order valence-electron chi connectivity index (χ4n) is 13.4. The molecule has 0 aromatic rings. The standard InChI is InChI=1S/C41H66O12/c1-36(2)14-16-41(35(48)49)17-15-39(6)21(22(41)18-36)8-9-26-38(5)12-11-27(37(3,4)25(38)10-13-40(26,39)7)53-33-31(46)29(44)24(20-50-33)52-34-32(47)30(45)28(43)23(19-42)51-34/h8,22-34,42-47H,9-20H2,1-7H3,(H,48,49)/t22-,23+,24-,25-,26+,27-,28-,29-,30-,31+,32+,33+,34-,38-,39+,40+,41-/m0/s1. The van der Waals surface area contributed by atoms with Crippen LogP contribution in [0.1, 0.15) is 113 Å². The van der Waals surface area contributed by atoms with E-state index in [1.54, 1.807) is 0 Å². The maximum Gasteiger partial charge on any atom is 0.310 e. The second-order valence-electron chi connectivity index (χ2n) is 20.2. The maximum absolute atomic E-state index is 13.0. The molecular weight excluding hydrogens is 684 g/mol. The van der Waals surface area contributed by atoms with Gasteiger partial charge in [0.2, 0.25) is 0 Å². The van der Waals surface area contributed by atoms with Gasteiger partial charge >= 0.3 is 5.97 Å². The number of fused-ring (bicyclic) bond motifs is 7. The van der Waals surface area contributed by atoms with E-state index < -0.39 is 73.3 Å². The van der Waals surface area contributed by atoms with E-state index in [1.807, 2.05) is 0 Å². The molecule has 6 fully saturated rings. The average Bonchev–Trinajstić information content (AvgIpc) is 3.09. The monoisotopic (exact) mass is 750 g/mol. The number of ether oxygens (including phenoxy) is 4. The molecule has 0 radical (unpaired) electrons. The summed E-state index contributed by atoms with van der Waals surface area (Å²) in [7, 11) is 0. The molecule has 0 bridgehead atoms. The summed E-state index contributed by atoms with van der Waals surface area (Å²) in [6.07, 6.45) is -1.38. The van der Waals surface area contributed by atoms with Gasteiger partial charge in [-0.2, -0.15) is 0 Å². The van der Waals surface area contributed by atoms with Gasteiger partial charge in [0.1, 0.15) is 42.7 Å². The average molecular weight is 751 g/mol. The number of aliphatic hydroxyl groups is 6. The van der Waals surface area contributed by atoms with E-state index in [2.05, 4.69) is 54.5 Å². The Morgan fingerprint density at radius 2 is 1.47 bits per heavy atom. The first-order chi connectivity index (χ1) is 24.7. The van der Waals surface area contributed by atoms with Gasteiger partial charge in [0, 0.05) is 0 Å². The van der Waals surface area contributed by atoms with Crippen molar-refractivity contribution in [1.82, 2.24) is 0 Å². The molecule has 2 aliphatic heterocycles. The quantitative estimate of drug-likeness (QED) is 0.155. The van der Waals surface area contributed by atoms with Crippen molar-refractivity contribution >= 4 is 5.97 Å². The van der Waals surface area contributed by atoms with Crippen LogP contribution in [0, 0.1) is 50.2 Å². The second kappa shape index (κ2) is 13.5. The number of hydrogen-bond acceptors (Lipinski definition) is 11. The predicted octanol–water partition coefficient (Wildman–Crippen LogP) is 3.52. The van der Waals surface area contributed by atoms with Crippen LogP contribution in [0.5, 0.6) is 0 Å². The third-order valence-electron chi connectivity index (χ3n) is 16.9. The molecule has 0 amide bonds. The van der Waals surface area contributed by atoms with Crippen LogP contribution < -0.4 is 0 Å². The Morgan fingerprint density at radius 3 is 2.15 bits per heavy atom. The third kappa shape index (κ3) is 5.94. The number of carbonyl (C=O) groups is 1. The van der Waals surface area contributed by atoms with Gasteiger partial charge in [-0.1, -0.05) is 60.1 Å². The maximum atomic E-state index is 13.0. The lowest BCUT2D eigenvalue weighted by Crippen LogP contribution is -2.66. The van der Waals surface area contributed by atoms with Gasteiger partial charge in [-0.3, -0.25) is 4.79 Å². The van der Waals surface area contributed by atoms with E-state index in [9.17, 15) is 40.5 Å². The summed E-state index contributed by atoms with van der Waals surface area (Å²) in [6, 6.07) is 0. The minimum atomic E-state index is -1.65. The Morgan fingerprint density at radius 1 is 0.792 bits per heavy atom. The molecule has 2 heterocycles. The molecule has 0 spiro atoms. The molecule has 12 heteroatoms. The number of allylic oxidation sites excluding steroid dienone is 2. The molecule has 7 aliphatic rings. The molecule has 7 rings (SSSR count).